The second-order valence-corrected chi connectivity index (χ2v) is 5.22. The van der Waals surface area contributed by atoms with E-state index in [9.17, 15) is 4.79 Å². The molecule has 0 aliphatic rings. The van der Waals surface area contributed by atoms with Crippen LogP contribution in [0.2, 0.25) is 10.0 Å². The third-order valence-corrected chi connectivity index (χ3v) is 3.75. The van der Waals surface area contributed by atoms with E-state index in [-0.39, 0.29) is 11.3 Å². The minimum atomic E-state index is -0.573. The van der Waals surface area contributed by atoms with E-state index in [4.69, 9.17) is 33.7 Å². The Morgan fingerprint density at radius 3 is 2.62 bits per heavy atom. The number of fused-ring (bicyclic) bond motifs is 1. The van der Waals surface area contributed by atoms with Crippen molar-refractivity contribution in [3.63, 3.8) is 0 Å². The maximum Gasteiger partial charge on any atom is 0.345 e. The van der Waals surface area contributed by atoms with E-state index in [0.29, 0.717) is 21.3 Å². The van der Waals surface area contributed by atoms with Crippen molar-refractivity contribution in [3.05, 3.63) is 58.2 Å². The number of nitrogens with two attached hydrogens (primary N) is 1. The first-order valence-corrected chi connectivity index (χ1v) is 6.85. The lowest BCUT2D eigenvalue weighted by Gasteiger charge is -2.06. The van der Waals surface area contributed by atoms with Crippen molar-refractivity contribution in [1.29, 1.82) is 0 Å². The summed E-state index contributed by atoms with van der Waals surface area (Å²) in [5.41, 5.74) is 6.91. The zero-order valence-electron chi connectivity index (χ0n) is 10.7. The van der Waals surface area contributed by atoms with Crippen LogP contribution in [-0.2, 0) is 0 Å². The number of H-pyrrole nitrogens is 1. The summed E-state index contributed by atoms with van der Waals surface area (Å²) < 4.78 is 5.38. The van der Waals surface area contributed by atoms with Crippen LogP contribution in [-0.4, -0.2) is 11.0 Å². The van der Waals surface area contributed by atoms with Crippen LogP contribution in [0.25, 0.3) is 10.9 Å². The van der Waals surface area contributed by atoms with Gasteiger partial charge >= 0.3 is 5.97 Å². The highest BCUT2D eigenvalue weighted by Gasteiger charge is 2.16. The van der Waals surface area contributed by atoms with Gasteiger partial charge in [0.2, 0.25) is 0 Å². The lowest BCUT2D eigenvalue weighted by molar-refractivity contribution is 0.0738. The van der Waals surface area contributed by atoms with Crippen molar-refractivity contribution in [2.24, 2.45) is 0 Å². The SMILES string of the molecule is Nc1c(Cl)cccc1C(=O)Oc1c[nH]c2c(Cl)cccc12. The molecule has 1 heterocycles. The van der Waals surface area contributed by atoms with E-state index in [1.165, 1.54) is 0 Å². The predicted molar refractivity (Wildman–Crippen MR) is 84.1 cm³/mol. The minimum absolute atomic E-state index is 0.196. The molecule has 0 saturated heterocycles. The fourth-order valence-electron chi connectivity index (χ4n) is 2.05. The molecule has 1 aromatic heterocycles. The number of ether oxygens (including phenoxy) is 1. The molecular weight excluding hydrogens is 311 g/mol. The number of para-hydroxylation sites is 2. The van der Waals surface area contributed by atoms with Crippen molar-refractivity contribution in [3.8, 4) is 5.75 Å². The maximum absolute atomic E-state index is 12.2. The fraction of sp³-hybridized carbons (Fsp3) is 0. The van der Waals surface area contributed by atoms with Crippen LogP contribution < -0.4 is 10.5 Å². The number of rotatable bonds is 2. The number of anilines is 1. The Hall–Kier alpha value is -2.17. The van der Waals surface area contributed by atoms with Gasteiger partial charge in [-0.15, -0.1) is 0 Å². The smallest absolute Gasteiger partial charge is 0.345 e. The fourth-order valence-corrected chi connectivity index (χ4v) is 2.45. The molecule has 21 heavy (non-hydrogen) atoms. The summed E-state index contributed by atoms with van der Waals surface area (Å²) >= 11 is 12.0. The Balaban J connectivity index is 1.97. The highest BCUT2D eigenvalue weighted by atomic mass is 35.5. The molecule has 0 bridgehead atoms. The molecule has 2 aromatic carbocycles. The summed E-state index contributed by atoms with van der Waals surface area (Å²) in [4.78, 5) is 15.2. The standard InChI is InChI=1S/C15H10Cl2N2O2/c16-10-5-2-4-9(13(10)18)15(20)21-12-7-19-14-8(12)3-1-6-11(14)17/h1-7,19H,18H2. The van der Waals surface area contributed by atoms with Gasteiger partial charge in [-0.05, 0) is 24.3 Å². The number of nitrogen functional groups attached to an aromatic ring is 1. The number of carbonyl (C=O) groups is 1. The zero-order chi connectivity index (χ0) is 15.0. The van der Waals surface area contributed by atoms with Crippen molar-refractivity contribution < 1.29 is 9.53 Å². The Bertz CT molecular complexity index is 843. The number of esters is 1. The Kier molecular flexibility index (Phi) is 3.49. The summed E-state index contributed by atoms with van der Waals surface area (Å²) in [6, 6.07) is 10.2. The Morgan fingerprint density at radius 1 is 1.10 bits per heavy atom. The summed E-state index contributed by atoms with van der Waals surface area (Å²) in [6.45, 7) is 0. The summed E-state index contributed by atoms with van der Waals surface area (Å²) in [5, 5.41) is 1.58. The quantitative estimate of drug-likeness (QED) is 0.547. The normalized spacial score (nSPS) is 10.8. The van der Waals surface area contributed by atoms with Crippen molar-refractivity contribution >= 4 is 45.8 Å². The average molecular weight is 321 g/mol. The number of aromatic amines is 1. The number of halogens is 2. The van der Waals surface area contributed by atoms with Crippen molar-refractivity contribution in [1.82, 2.24) is 4.98 Å². The second-order valence-electron chi connectivity index (χ2n) is 4.41. The summed E-state index contributed by atoms with van der Waals surface area (Å²) in [6.07, 6.45) is 1.58. The number of nitrogens with one attached hydrogen (secondary N) is 1. The molecule has 106 valence electrons. The molecule has 0 aliphatic heterocycles. The summed E-state index contributed by atoms with van der Waals surface area (Å²) in [5.74, 6) is -0.187. The molecule has 0 atom stereocenters. The number of aromatic nitrogens is 1. The highest BCUT2D eigenvalue weighted by Crippen LogP contribution is 2.31. The van der Waals surface area contributed by atoms with Crippen molar-refractivity contribution in [2.75, 3.05) is 5.73 Å². The topological polar surface area (TPSA) is 68.1 Å². The molecule has 0 saturated carbocycles. The maximum atomic E-state index is 12.2. The van der Waals surface area contributed by atoms with E-state index < -0.39 is 5.97 Å². The molecule has 0 fully saturated rings. The van der Waals surface area contributed by atoms with Gasteiger partial charge in [0.05, 0.1) is 26.8 Å². The van der Waals surface area contributed by atoms with Crippen LogP contribution in [0.1, 0.15) is 10.4 Å². The average Bonchev–Trinajstić information content (AvgIpc) is 2.86. The molecule has 0 spiro atoms. The lowest BCUT2D eigenvalue weighted by Crippen LogP contribution is -2.11. The molecule has 0 amide bonds. The Morgan fingerprint density at radius 2 is 1.81 bits per heavy atom. The van der Waals surface area contributed by atoms with E-state index >= 15 is 0 Å². The largest absolute Gasteiger partial charge is 0.421 e. The minimum Gasteiger partial charge on any atom is -0.421 e. The lowest BCUT2D eigenvalue weighted by atomic mass is 10.2. The van der Waals surface area contributed by atoms with Crippen LogP contribution in [0.15, 0.2) is 42.6 Å². The molecule has 0 radical (unpaired) electrons. The third-order valence-electron chi connectivity index (χ3n) is 3.10. The molecule has 3 aromatic rings. The first-order valence-electron chi connectivity index (χ1n) is 6.09. The monoisotopic (exact) mass is 320 g/mol. The van der Waals surface area contributed by atoms with Crippen LogP contribution in [0.3, 0.4) is 0 Å². The Labute approximate surface area is 130 Å². The number of carbonyl (C=O) groups excluding carboxylic acids is 1. The highest BCUT2D eigenvalue weighted by molar-refractivity contribution is 6.35. The van der Waals surface area contributed by atoms with Crippen molar-refractivity contribution in [2.45, 2.75) is 0 Å². The van der Waals surface area contributed by atoms with Gasteiger partial charge in [0, 0.05) is 11.6 Å². The van der Waals surface area contributed by atoms with Gasteiger partial charge in [-0.3, -0.25) is 0 Å². The van der Waals surface area contributed by atoms with Crippen LogP contribution >= 0.6 is 23.2 Å². The second kappa shape index (κ2) is 5.31. The van der Waals surface area contributed by atoms with Gasteiger partial charge in [0.1, 0.15) is 0 Å². The first kappa shape index (κ1) is 13.8. The van der Waals surface area contributed by atoms with Gasteiger partial charge in [-0.2, -0.15) is 0 Å². The van der Waals surface area contributed by atoms with Gasteiger partial charge in [-0.1, -0.05) is 35.3 Å². The molecule has 6 heteroatoms. The molecular formula is C15H10Cl2N2O2. The number of benzene rings is 2. The molecule has 0 aliphatic carbocycles. The molecule has 4 nitrogen and oxygen atoms in total. The predicted octanol–water partition coefficient (Wildman–Crippen LogP) is 4.28. The first-order chi connectivity index (χ1) is 10.1. The van der Waals surface area contributed by atoms with Crippen LogP contribution in [0.4, 0.5) is 5.69 Å². The van der Waals surface area contributed by atoms with Gasteiger partial charge in [0.25, 0.3) is 0 Å². The van der Waals surface area contributed by atoms with Crippen LogP contribution in [0, 0.1) is 0 Å². The van der Waals surface area contributed by atoms with Gasteiger partial charge in [-0.25, -0.2) is 4.79 Å². The molecule has 0 unspecified atom stereocenters. The third kappa shape index (κ3) is 2.44. The number of hydrogen-bond donors (Lipinski definition) is 2. The van der Waals surface area contributed by atoms with Crippen LogP contribution in [0.5, 0.6) is 5.75 Å². The van der Waals surface area contributed by atoms with E-state index in [1.54, 1.807) is 36.5 Å². The molecule has 3 rings (SSSR count). The summed E-state index contributed by atoms with van der Waals surface area (Å²) in [7, 11) is 0. The van der Waals surface area contributed by atoms with E-state index in [2.05, 4.69) is 4.98 Å². The molecule has 3 N–H and O–H groups in total. The van der Waals surface area contributed by atoms with Gasteiger partial charge < -0.3 is 15.5 Å². The van der Waals surface area contributed by atoms with E-state index in [1.807, 2.05) is 6.07 Å². The number of hydrogen-bond acceptors (Lipinski definition) is 3. The van der Waals surface area contributed by atoms with Gasteiger partial charge in [0.15, 0.2) is 5.75 Å². The van der Waals surface area contributed by atoms with E-state index in [0.717, 1.165) is 5.39 Å². The zero-order valence-corrected chi connectivity index (χ0v) is 12.2.